The van der Waals surface area contributed by atoms with Crippen LogP contribution in [0.2, 0.25) is 0 Å². The summed E-state index contributed by atoms with van der Waals surface area (Å²) in [6, 6.07) is 2.35. The summed E-state index contributed by atoms with van der Waals surface area (Å²) in [5.74, 6) is 0.953. The van der Waals surface area contributed by atoms with Crippen molar-refractivity contribution in [1.82, 2.24) is 14.6 Å². The van der Waals surface area contributed by atoms with Crippen LogP contribution in [0.4, 0.5) is 0 Å². The smallest absolute Gasteiger partial charge is 0.235 e. The Labute approximate surface area is 149 Å². The van der Waals surface area contributed by atoms with Crippen molar-refractivity contribution < 1.29 is 14.9 Å². The van der Waals surface area contributed by atoms with E-state index in [1.54, 1.807) is 32.1 Å². The van der Waals surface area contributed by atoms with Crippen LogP contribution in [0, 0.1) is 13.8 Å². The molecule has 1 fully saturated rings. The predicted octanol–water partition coefficient (Wildman–Crippen LogP) is -0.323. The van der Waals surface area contributed by atoms with Crippen molar-refractivity contribution >= 4 is 27.6 Å². The van der Waals surface area contributed by atoms with Crippen molar-refractivity contribution in [2.45, 2.75) is 19.9 Å². The minimum absolute atomic E-state index is 0.173. The first kappa shape index (κ1) is 16.0. The molecule has 0 aromatic carbocycles. The van der Waals surface area contributed by atoms with Crippen molar-refractivity contribution in [3.05, 3.63) is 32.6 Å². The molecule has 3 aromatic rings. The third-order valence-corrected chi connectivity index (χ3v) is 7.05. The molecule has 6 nitrogen and oxygen atoms in total. The number of hydrogen-bond donors (Lipinski definition) is 3. The zero-order valence-corrected chi connectivity index (χ0v) is 15.8. The summed E-state index contributed by atoms with van der Waals surface area (Å²) in [7, 11) is 2.26. The Kier molecular flexibility index (Phi) is 4.07. The third kappa shape index (κ3) is 2.63. The first-order valence-corrected chi connectivity index (χ1v) is 9.99. The van der Waals surface area contributed by atoms with E-state index in [-0.39, 0.29) is 11.9 Å². The highest BCUT2D eigenvalue weighted by molar-refractivity contribution is 7.17. The van der Waals surface area contributed by atoms with Gasteiger partial charge in [0.15, 0.2) is 6.04 Å². The van der Waals surface area contributed by atoms with E-state index < -0.39 is 0 Å². The second-order valence-electron chi connectivity index (χ2n) is 6.66. The Morgan fingerprint density at radius 2 is 1.96 bits per heavy atom. The number of aromatic hydroxyl groups is 1. The monoisotopic (exact) mass is 365 g/mol. The lowest BCUT2D eigenvalue weighted by atomic mass is 10.1. The van der Waals surface area contributed by atoms with E-state index in [0.29, 0.717) is 5.82 Å². The highest BCUT2D eigenvalue weighted by Gasteiger charge is 2.36. The number of hydrogen-bond acceptors (Lipinski definition) is 5. The standard InChI is InChI=1S/C16H21N5OS2/c1-10-4-9-23-13(10)12(20-7-5-19(3)6-8-20)14-15(22)21-16(24-14)17-11(2)18-21/h4,9,12,22H,5-8H2,1-3H3/p+2/t12-/m1/s1. The largest absolute Gasteiger partial charge is 0.492 e. The van der Waals surface area contributed by atoms with E-state index in [9.17, 15) is 5.11 Å². The first-order chi connectivity index (χ1) is 11.5. The maximum Gasteiger partial charge on any atom is 0.235 e. The van der Waals surface area contributed by atoms with Gasteiger partial charge in [0.1, 0.15) is 36.9 Å². The lowest BCUT2D eigenvalue weighted by molar-refractivity contribution is -1.02. The van der Waals surface area contributed by atoms with E-state index >= 15 is 0 Å². The van der Waals surface area contributed by atoms with Crippen LogP contribution in [-0.2, 0) is 0 Å². The van der Waals surface area contributed by atoms with Crippen molar-refractivity contribution in [2.24, 2.45) is 0 Å². The maximum absolute atomic E-state index is 10.8. The summed E-state index contributed by atoms with van der Waals surface area (Å²) in [5, 5.41) is 17.3. The van der Waals surface area contributed by atoms with Gasteiger partial charge in [0.25, 0.3) is 0 Å². The molecule has 0 bridgehead atoms. The van der Waals surface area contributed by atoms with Crippen molar-refractivity contribution in [2.75, 3.05) is 33.2 Å². The van der Waals surface area contributed by atoms with Gasteiger partial charge in [-0.3, -0.25) is 0 Å². The zero-order valence-electron chi connectivity index (χ0n) is 14.2. The average Bonchev–Trinajstić information content (AvgIpc) is 3.20. The van der Waals surface area contributed by atoms with Gasteiger partial charge in [-0.1, -0.05) is 11.3 Å². The number of likely N-dealkylation sites (N-methyl/N-ethyl adjacent to an activating group) is 1. The molecule has 1 aliphatic heterocycles. The van der Waals surface area contributed by atoms with Crippen LogP contribution in [0.3, 0.4) is 0 Å². The molecule has 1 atom stereocenters. The number of nitrogens with zero attached hydrogens (tertiary/aromatic N) is 3. The molecule has 0 radical (unpaired) electrons. The SMILES string of the molecule is Cc1nc2sc([C@@H](c3sccc3C)[NH+]3CC[NH+](C)CC3)c(O)n2n1. The molecule has 0 unspecified atom stereocenters. The molecule has 0 amide bonds. The second kappa shape index (κ2) is 6.11. The van der Waals surface area contributed by atoms with Gasteiger partial charge in [0.05, 0.1) is 11.9 Å². The topological polar surface area (TPSA) is 59.3 Å². The summed E-state index contributed by atoms with van der Waals surface area (Å²) in [6.07, 6.45) is 0. The number of rotatable bonds is 3. The molecule has 4 rings (SSSR count). The van der Waals surface area contributed by atoms with E-state index in [2.05, 4.69) is 35.5 Å². The lowest BCUT2D eigenvalue weighted by Crippen LogP contribution is -3.27. The molecule has 1 aliphatic rings. The molecular weight excluding hydrogens is 342 g/mol. The zero-order chi connectivity index (χ0) is 16.8. The van der Waals surface area contributed by atoms with E-state index in [1.807, 2.05) is 6.92 Å². The second-order valence-corrected chi connectivity index (χ2v) is 8.62. The van der Waals surface area contributed by atoms with Gasteiger partial charge < -0.3 is 14.9 Å². The molecule has 128 valence electrons. The Morgan fingerprint density at radius 3 is 2.58 bits per heavy atom. The number of fused-ring (bicyclic) bond motifs is 1. The summed E-state index contributed by atoms with van der Waals surface area (Å²) < 4.78 is 1.59. The maximum atomic E-state index is 10.8. The van der Waals surface area contributed by atoms with Gasteiger partial charge in [-0.25, -0.2) is 4.98 Å². The Bertz CT molecular complexity index is 859. The van der Waals surface area contributed by atoms with E-state index in [1.165, 1.54) is 15.3 Å². The molecule has 1 saturated heterocycles. The number of aryl methyl sites for hydroxylation is 2. The minimum Gasteiger partial charge on any atom is -0.492 e. The van der Waals surface area contributed by atoms with Crippen molar-refractivity contribution in [1.29, 1.82) is 0 Å². The van der Waals surface area contributed by atoms with Crippen molar-refractivity contribution in [3.8, 4) is 5.88 Å². The fraction of sp³-hybridized carbons (Fsp3) is 0.500. The van der Waals surface area contributed by atoms with Gasteiger partial charge in [-0.2, -0.15) is 4.52 Å². The molecule has 4 heterocycles. The van der Waals surface area contributed by atoms with Crippen LogP contribution < -0.4 is 9.80 Å². The van der Waals surface area contributed by atoms with Gasteiger partial charge in [-0.15, -0.1) is 16.4 Å². The lowest BCUT2D eigenvalue weighted by Gasteiger charge is -2.32. The highest BCUT2D eigenvalue weighted by Crippen LogP contribution is 2.37. The van der Waals surface area contributed by atoms with Crippen molar-refractivity contribution in [3.63, 3.8) is 0 Å². The minimum atomic E-state index is 0.173. The molecule has 3 aromatic heterocycles. The number of thiophene rings is 1. The number of piperazine rings is 1. The quantitative estimate of drug-likeness (QED) is 0.596. The van der Waals surface area contributed by atoms with Gasteiger partial charge in [0, 0.05) is 0 Å². The van der Waals surface area contributed by atoms with Crippen LogP contribution in [0.1, 0.15) is 27.2 Å². The summed E-state index contributed by atoms with van der Waals surface area (Å²) in [4.78, 5) is 10.7. The van der Waals surface area contributed by atoms with Gasteiger partial charge in [0.2, 0.25) is 10.8 Å². The van der Waals surface area contributed by atoms with Crippen LogP contribution in [0.5, 0.6) is 5.88 Å². The molecular formula is C16H23N5OS2+2. The summed E-state index contributed by atoms with van der Waals surface area (Å²) in [6.45, 7) is 8.57. The van der Waals surface area contributed by atoms with E-state index in [0.717, 1.165) is 36.0 Å². The predicted molar refractivity (Wildman–Crippen MR) is 95.5 cm³/mol. The molecule has 8 heteroatoms. The van der Waals surface area contributed by atoms with Gasteiger partial charge in [-0.05, 0) is 30.9 Å². The number of thiazole rings is 1. The molecule has 3 N–H and O–H groups in total. The van der Waals surface area contributed by atoms with Crippen LogP contribution in [-0.4, -0.2) is 52.9 Å². The van der Waals surface area contributed by atoms with Crippen LogP contribution >= 0.6 is 22.7 Å². The normalized spacial score (nSPS) is 23.0. The van der Waals surface area contributed by atoms with Crippen LogP contribution in [0.25, 0.3) is 4.96 Å². The molecule has 0 spiro atoms. The molecule has 0 saturated carbocycles. The fourth-order valence-corrected chi connectivity index (χ4v) is 5.83. The Balaban J connectivity index is 1.80. The fourth-order valence-electron chi connectivity index (χ4n) is 3.49. The molecule has 0 aliphatic carbocycles. The number of aromatic nitrogens is 3. The number of quaternary nitrogens is 2. The first-order valence-electron chi connectivity index (χ1n) is 8.29. The molecule has 24 heavy (non-hydrogen) atoms. The summed E-state index contributed by atoms with van der Waals surface area (Å²) >= 11 is 3.36. The van der Waals surface area contributed by atoms with Gasteiger partial charge >= 0.3 is 0 Å². The number of nitrogens with one attached hydrogen (secondary N) is 2. The Morgan fingerprint density at radius 1 is 1.21 bits per heavy atom. The van der Waals surface area contributed by atoms with E-state index in [4.69, 9.17) is 0 Å². The third-order valence-electron chi connectivity index (χ3n) is 4.89. The Hall–Kier alpha value is -1.48. The highest BCUT2D eigenvalue weighted by atomic mass is 32.1. The average molecular weight is 366 g/mol. The van der Waals surface area contributed by atoms with Crippen LogP contribution in [0.15, 0.2) is 11.4 Å². The summed E-state index contributed by atoms with van der Waals surface area (Å²) in [5.41, 5.74) is 1.30.